The second-order valence-corrected chi connectivity index (χ2v) is 10.4. The molecule has 2 aromatic rings. The molecule has 0 aromatic carbocycles. The molecule has 0 unspecified atom stereocenters. The van der Waals surface area contributed by atoms with E-state index in [2.05, 4.69) is 19.2 Å². The molecule has 2 aliphatic rings. The van der Waals surface area contributed by atoms with Crippen molar-refractivity contribution in [3.8, 4) is 0 Å². The van der Waals surface area contributed by atoms with Gasteiger partial charge in [-0.25, -0.2) is 4.98 Å². The molecule has 4 rings (SSSR count). The lowest BCUT2D eigenvalue weighted by molar-refractivity contribution is -0.118. The van der Waals surface area contributed by atoms with Gasteiger partial charge in [-0.1, -0.05) is 38.5 Å². The van der Waals surface area contributed by atoms with E-state index in [1.54, 1.807) is 11.3 Å². The molecule has 0 atom stereocenters. The van der Waals surface area contributed by atoms with Crippen molar-refractivity contribution in [1.29, 1.82) is 0 Å². The van der Waals surface area contributed by atoms with E-state index in [9.17, 15) is 9.59 Å². The van der Waals surface area contributed by atoms with Gasteiger partial charge in [0.15, 0.2) is 5.16 Å². The molecular weight excluding hydrogens is 390 g/mol. The Labute approximate surface area is 174 Å². The molecule has 1 N–H and O–H groups in total. The third kappa shape index (κ3) is 4.01. The summed E-state index contributed by atoms with van der Waals surface area (Å²) in [6, 6.07) is 0.227. The highest BCUT2D eigenvalue weighted by Crippen LogP contribution is 2.37. The van der Waals surface area contributed by atoms with E-state index in [1.165, 1.54) is 28.6 Å². The van der Waals surface area contributed by atoms with Crippen molar-refractivity contribution in [3.63, 3.8) is 0 Å². The van der Waals surface area contributed by atoms with E-state index in [0.29, 0.717) is 18.2 Å². The predicted molar refractivity (Wildman–Crippen MR) is 117 cm³/mol. The number of thiophene rings is 1. The molecule has 152 valence electrons. The number of aryl methyl sites for hydroxylation is 2. The zero-order valence-corrected chi connectivity index (χ0v) is 18.4. The maximum absolute atomic E-state index is 13.5. The van der Waals surface area contributed by atoms with Crippen LogP contribution in [0.4, 0.5) is 0 Å². The van der Waals surface area contributed by atoms with Crippen LogP contribution in [0, 0.1) is 5.92 Å². The number of nitrogens with zero attached hydrogens (tertiary/aromatic N) is 2. The van der Waals surface area contributed by atoms with E-state index in [1.807, 2.05) is 4.57 Å². The van der Waals surface area contributed by atoms with Crippen LogP contribution < -0.4 is 10.9 Å². The Bertz CT molecular complexity index is 926. The number of carbonyl (C=O) groups excluding carboxylic acids is 1. The van der Waals surface area contributed by atoms with Gasteiger partial charge in [0.2, 0.25) is 5.91 Å². The molecular formula is C21H29N3O2S2. The van der Waals surface area contributed by atoms with Crippen molar-refractivity contribution in [2.45, 2.75) is 76.4 Å². The molecule has 0 aliphatic heterocycles. The van der Waals surface area contributed by atoms with Crippen LogP contribution in [-0.4, -0.2) is 27.8 Å². The molecule has 0 radical (unpaired) electrons. The van der Waals surface area contributed by atoms with Crippen molar-refractivity contribution in [3.05, 3.63) is 20.8 Å². The molecule has 2 aromatic heterocycles. The minimum absolute atomic E-state index is 0.0106. The predicted octanol–water partition coefficient (Wildman–Crippen LogP) is 4.32. The Morgan fingerprint density at radius 3 is 2.75 bits per heavy atom. The number of hydrogen-bond donors (Lipinski definition) is 1. The van der Waals surface area contributed by atoms with Crippen LogP contribution in [-0.2, 0) is 17.6 Å². The first-order chi connectivity index (χ1) is 13.5. The Morgan fingerprint density at radius 2 is 2.00 bits per heavy atom. The second kappa shape index (κ2) is 8.57. The molecule has 1 fully saturated rings. The summed E-state index contributed by atoms with van der Waals surface area (Å²) in [7, 11) is 0. The lowest BCUT2D eigenvalue weighted by Crippen LogP contribution is -2.30. The Balaban J connectivity index is 1.69. The highest BCUT2D eigenvalue weighted by atomic mass is 32.2. The van der Waals surface area contributed by atoms with Crippen LogP contribution in [0.3, 0.4) is 0 Å². The topological polar surface area (TPSA) is 64.0 Å². The summed E-state index contributed by atoms with van der Waals surface area (Å²) in [4.78, 5) is 32.9. The van der Waals surface area contributed by atoms with Crippen molar-refractivity contribution in [2.24, 2.45) is 5.92 Å². The van der Waals surface area contributed by atoms with Crippen molar-refractivity contribution in [1.82, 2.24) is 14.9 Å². The van der Waals surface area contributed by atoms with E-state index in [0.717, 1.165) is 60.3 Å². The van der Waals surface area contributed by atoms with Gasteiger partial charge in [0, 0.05) is 17.5 Å². The molecule has 2 aliphatic carbocycles. The molecule has 28 heavy (non-hydrogen) atoms. The molecule has 5 nitrogen and oxygen atoms in total. The molecule has 2 heterocycles. The number of rotatable bonds is 6. The minimum Gasteiger partial charge on any atom is -0.355 e. The van der Waals surface area contributed by atoms with Gasteiger partial charge in [0.1, 0.15) is 4.83 Å². The molecule has 0 spiro atoms. The Kier molecular flexibility index (Phi) is 6.11. The van der Waals surface area contributed by atoms with E-state index >= 15 is 0 Å². The van der Waals surface area contributed by atoms with Gasteiger partial charge in [-0.05, 0) is 50.0 Å². The van der Waals surface area contributed by atoms with Crippen LogP contribution >= 0.6 is 23.1 Å². The van der Waals surface area contributed by atoms with Crippen LogP contribution in [0.5, 0.6) is 0 Å². The Hall–Kier alpha value is -1.34. The number of nitrogens with one attached hydrogen (secondary N) is 1. The smallest absolute Gasteiger partial charge is 0.263 e. The number of hydrogen-bond acceptors (Lipinski definition) is 5. The summed E-state index contributed by atoms with van der Waals surface area (Å²) < 4.78 is 1.93. The monoisotopic (exact) mass is 419 g/mol. The minimum atomic E-state index is 0.0106. The second-order valence-electron chi connectivity index (χ2n) is 8.39. The summed E-state index contributed by atoms with van der Waals surface area (Å²) >= 11 is 3.10. The first kappa shape index (κ1) is 20.0. The lowest BCUT2D eigenvalue weighted by Gasteiger charge is -2.18. The maximum Gasteiger partial charge on any atom is 0.263 e. The van der Waals surface area contributed by atoms with Crippen LogP contribution in [0.2, 0.25) is 0 Å². The fourth-order valence-electron chi connectivity index (χ4n) is 4.28. The fraction of sp³-hybridized carbons (Fsp3) is 0.667. The van der Waals surface area contributed by atoms with Gasteiger partial charge < -0.3 is 5.32 Å². The van der Waals surface area contributed by atoms with Crippen molar-refractivity contribution < 1.29 is 4.79 Å². The summed E-state index contributed by atoms with van der Waals surface area (Å²) in [5.74, 6) is 0.747. The third-order valence-corrected chi connectivity index (χ3v) is 7.86. The number of aromatic nitrogens is 2. The number of amides is 1. The molecule has 7 heteroatoms. The van der Waals surface area contributed by atoms with Gasteiger partial charge >= 0.3 is 0 Å². The van der Waals surface area contributed by atoms with E-state index in [4.69, 9.17) is 4.98 Å². The summed E-state index contributed by atoms with van der Waals surface area (Å²) in [5, 5.41) is 4.55. The Morgan fingerprint density at radius 1 is 1.25 bits per heavy atom. The third-order valence-electron chi connectivity index (χ3n) is 5.72. The van der Waals surface area contributed by atoms with Crippen LogP contribution in [0.25, 0.3) is 10.2 Å². The normalized spacial score (nSPS) is 17.4. The van der Waals surface area contributed by atoms with Gasteiger partial charge in [-0.15, -0.1) is 11.3 Å². The molecule has 0 bridgehead atoms. The standard InChI is InChI=1S/C21H29N3O2S2/c1-13(2)11-22-17(25)12-27-21-23-19-18(15-9-5-6-10-16(15)28-19)20(26)24(21)14-7-3-4-8-14/h13-14H,3-12H2,1-2H3,(H,22,25). The van der Waals surface area contributed by atoms with Crippen LogP contribution in [0.1, 0.15) is 68.9 Å². The average molecular weight is 420 g/mol. The summed E-state index contributed by atoms with van der Waals surface area (Å²) in [6.07, 6.45) is 8.83. The number of thioether (sulfide) groups is 1. The first-order valence-corrected chi connectivity index (χ1v) is 12.3. The van der Waals surface area contributed by atoms with Crippen molar-refractivity contribution in [2.75, 3.05) is 12.3 Å². The first-order valence-electron chi connectivity index (χ1n) is 10.5. The zero-order valence-electron chi connectivity index (χ0n) is 16.8. The maximum atomic E-state index is 13.5. The van der Waals surface area contributed by atoms with E-state index < -0.39 is 0 Å². The highest BCUT2D eigenvalue weighted by Gasteiger charge is 2.27. The zero-order chi connectivity index (χ0) is 19.7. The van der Waals surface area contributed by atoms with Gasteiger partial charge in [-0.2, -0.15) is 0 Å². The number of carbonyl (C=O) groups is 1. The quantitative estimate of drug-likeness (QED) is 0.560. The van der Waals surface area contributed by atoms with E-state index in [-0.39, 0.29) is 17.5 Å². The fourth-order valence-corrected chi connectivity index (χ4v) is 6.48. The molecule has 0 saturated heterocycles. The molecule has 1 amide bonds. The van der Waals surface area contributed by atoms with Gasteiger partial charge in [0.25, 0.3) is 5.56 Å². The van der Waals surface area contributed by atoms with Gasteiger partial charge in [0.05, 0.1) is 11.1 Å². The lowest BCUT2D eigenvalue weighted by atomic mass is 9.97. The highest BCUT2D eigenvalue weighted by molar-refractivity contribution is 7.99. The largest absolute Gasteiger partial charge is 0.355 e. The average Bonchev–Trinajstić information content (AvgIpc) is 3.32. The van der Waals surface area contributed by atoms with Gasteiger partial charge in [-0.3, -0.25) is 14.2 Å². The van der Waals surface area contributed by atoms with Crippen LogP contribution in [0.15, 0.2) is 9.95 Å². The number of fused-ring (bicyclic) bond motifs is 3. The summed E-state index contributed by atoms with van der Waals surface area (Å²) in [5.41, 5.74) is 1.38. The molecule has 1 saturated carbocycles. The SMILES string of the molecule is CC(C)CNC(=O)CSc1nc2sc3c(c2c(=O)n1C1CCCC1)CCCC3. The van der Waals surface area contributed by atoms with Crippen molar-refractivity contribution >= 4 is 39.2 Å². The summed E-state index contributed by atoms with van der Waals surface area (Å²) in [6.45, 7) is 4.84.